The Morgan fingerprint density at radius 2 is 2.00 bits per heavy atom. The molecule has 1 unspecified atom stereocenters. The predicted octanol–water partition coefficient (Wildman–Crippen LogP) is 0.617. The van der Waals surface area contributed by atoms with Gasteiger partial charge in [-0.3, -0.25) is 4.79 Å². The number of hydrogen-bond donors (Lipinski definition) is 1. The van der Waals surface area contributed by atoms with E-state index >= 15 is 0 Å². The third-order valence-corrected chi connectivity index (χ3v) is 4.21. The zero-order chi connectivity index (χ0) is 20.6. The number of morpholine rings is 1. The minimum absolute atomic E-state index is 0.0949. The van der Waals surface area contributed by atoms with Crippen LogP contribution in [0.5, 0.6) is 5.88 Å². The number of rotatable bonds is 9. The number of aromatic nitrogens is 2. The van der Waals surface area contributed by atoms with Crippen molar-refractivity contribution >= 4 is 29.5 Å². The zero-order valence-electron chi connectivity index (χ0n) is 16.7. The lowest BCUT2D eigenvalue weighted by Crippen LogP contribution is -2.44. The highest BCUT2D eigenvalue weighted by atomic mass is 32.1. The first-order valence-corrected chi connectivity index (χ1v) is 9.83. The molecule has 0 saturated carbocycles. The number of ether oxygens (including phenoxy) is 4. The van der Waals surface area contributed by atoms with E-state index in [1.165, 1.54) is 6.92 Å². The second kappa shape index (κ2) is 10.5. The van der Waals surface area contributed by atoms with Gasteiger partial charge in [-0.2, -0.15) is 4.37 Å². The average molecular weight is 417 g/mol. The molecule has 0 spiro atoms. The molecule has 0 amide bonds. The standard InChI is InChI=1S/C17H28N4O6S/c1-12(22)25-11-14(23)27-13(9-18-17(2,3)4)10-26-16-15(19-28-20-16)21-5-7-24-8-6-21/h13,18H,5-11H2,1-4H3. The topological polar surface area (TPSA) is 112 Å². The summed E-state index contributed by atoms with van der Waals surface area (Å²) < 4.78 is 29.8. The Balaban J connectivity index is 1.94. The van der Waals surface area contributed by atoms with Gasteiger partial charge >= 0.3 is 11.9 Å². The fourth-order valence-electron chi connectivity index (χ4n) is 2.34. The van der Waals surface area contributed by atoms with Crippen LogP contribution < -0.4 is 15.0 Å². The van der Waals surface area contributed by atoms with Gasteiger partial charge in [0.15, 0.2) is 6.61 Å². The molecular formula is C17H28N4O6S. The SMILES string of the molecule is CC(=O)OCC(=O)OC(CNC(C)(C)C)COc1nsnc1N1CCOCC1. The molecule has 158 valence electrons. The van der Waals surface area contributed by atoms with E-state index in [4.69, 9.17) is 14.2 Å². The lowest BCUT2D eigenvalue weighted by Gasteiger charge is -2.27. The Morgan fingerprint density at radius 1 is 1.29 bits per heavy atom. The highest BCUT2D eigenvalue weighted by Gasteiger charge is 2.23. The highest BCUT2D eigenvalue weighted by molar-refractivity contribution is 6.99. The molecule has 0 aliphatic carbocycles. The molecule has 0 radical (unpaired) electrons. The van der Waals surface area contributed by atoms with Crippen LogP contribution in [0.2, 0.25) is 0 Å². The van der Waals surface area contributed by atoms with E-state index in [1.807, 2.05) is 20.8 Å². The molecule has 1 N–H and O–H groups in total. The third-order valence-electron chi connectivity index (χ3n) is 3.71. The number of carbonyl (C=O) groups excluding carboxylic acids is 2. The van der Waals surface area contributed by atoms with Gasteiger partial charge in [-0.15, -0.1) is 4.37 Å². The van der Waals surface area contributed by atoms with E-state index in [1.54, 1.807) is 0 Å². The Kier molecular flexibility index (Phi) is 8.39. The zero-order valence-corrected chi connectivity index (χ0v) is 17.5. The van der Waals surface area contributed by atoms with Crippen LogP contribution in [-0.2, 0) is 23.8 Å². The fourth-order valence-corrected chi connectivity index (χ4v) is 2.86. The molecule has 11 heteroatoms. The van der Waals surface area contributed by atoms with Crippen LogP contribution in [-0.4, -0.2) is 78.4 Å². The summed E-state index contributed by atoms with van der Waals surface area (Å²) in [5.74, 6) is -0.101. The minimum atomic E-state index is -0.635. The summed E-state index contributed by atoms with van der Waals surface area (Å²) in [6.07, 6.45) is -0.582. The van der Waals surface area contributed by atoms with Crippen molar-refractivity contribution in [2.45, 2.75) is 39.3 Å². The maximum absolute atomic E-state index is 11.9. The first kappa shape index (κ1) is 22.3. The molecule has 10 nitrogen and oxygen atoms in total. The number of carbonyl (C=O) groups is 2. The van der Waals surface area contributed by atoms with Crippen LogP contribution in [0.25, 0.3) is 0 Å². The predicted molar refractivity (Wildman–Crippen MR) is 103 cm³/mol. The Labute approximate surface area is 168 Å². The third kappa shape index (κ3) is 7.95. The maximum Gasteiger partial charge on any atom is 0.344 e. The lowest BCUT2D eigenvalue weighted by molar-refractivity contribution is -0.162. The average Bonchev–Trinajstić information content (AvgIpc) is 3.11. The fraction of sp³-hybridized carbons (Fsp3) is 0.765. The monoisotopic (exact) mass is 416 g/mol. The van der Waals surface area contributed by atoms with Gasteiger partial charge in [-0.05, 0) is 20.8 Å². The van der Waals surface area contributed by atoms with Crippen molar-refractivity contribution in [1.29, 1.82) is 0 Å². The number of nitrogens with one attached hydrogen (secondary N) is 1. The minimum Gasteiger partial charge on any atom is -0.470 e. The van der Waals surface area contributed by atoms with Crippen LogP contribution in [0.4, 0.5) is 5.82 Å². The van der Waals surface area contributed by atoms with Crippen molar-refractivity contribution in [3.8, 4) is 5.88 Å². The van der Waals surface area contributed by atoms with Gasteiger partial charge < -0.3 is 29.2 Å². The van der Waals surface area contributed by atoms with Crippen molar-refractivity contribution < 1.29 is 28.5 Å². The van der Waals surface area contributed by atoms with E-state index < -0.39 is 24.6 Å². The van der Waals surface area contributed by atoms with Crippen molar-refractivity contribution in [1.82, 2.24) is 14.1 Å². The van der Waals surface area contributed by atoms with Gasteiger partial charge in [0, 0.05) is 32.1 Å². The summed E-state index contributed by atoms with van der Waals surface area (Å²) in [4.78, 5) is 24.8. The first-order valence-electron chi connectivity index (χ1n) is 9.10. The molecular weight excluding hydrogens is 388 g/mol. The Bertz CT molecular complexity index is 642. The van der Waals surface area contributed by atoms with Gasteiger partial charge in [0.1, 0.15) is 12.7 Å². The second-order valence-electron chi connectivity index (χ2n) is 7.33. The summed E-state index contributed by atoms with van der Waals surface area (Å²) in [6, 6.07) is 0. The molecule has 0 bridgehead atoms. The molecule has 1 atom stereocenters. The van der Waals surface area contributed by atoms with Gasteiger partial charge in [-0.1, -0.05) is 0 Å². The first-order chi connectivity index (χ1) is 13.2. The largest absolute Gasteiger partial charge is 0.470 e. The van der Waals surface area contributed by atoms with Crippen molar-refractivity contribution in [2.24, 2.45) is 0 Å². The van der Waals surface area contributed by atoms with E-state index in [0.29, 0.717) is 44.5 Å². The van der Waals surface area contributed by atoms with Gasteiger partial charge in [0.25, 0.3) is 5.88 Å². The molecule has 1 aliphatic heterocycles. The van der Waals surface area contributed by atoms with Crippen LogP contribution >= 0.6 is 11.7 Å². The summed E-state index contributed by atoms with van der Waals surface area (Å²) in [5.41, 5.74) is -0.165. The number of hydrogen-bond acceptors (Lipinski definition) is 11. The number of nitrogens with zero attached hydrogens (tertiary/aromatic N) is 3. The molecule has 1 aromatic heterocycles. The van der Waals surface area contributed by atoms with Crippen molar-refractivity contribution in [3.63, 3.8) is 0 Å². The van der Waals surface area contributed by atoms with E-state index in [9.17, 15) is 9.59 Å². The lowest BCUT2D eigenvalue weighted by atomic mass is 10.1. The van der Waals surface area contributed by atoms with Crippen LogP contribution in [0.3, 0.4) is 0 Å². The Morgan fingerprint density at radius 3 is 2.64 bits per heavy atom. The van der Waals surface area contributed by atoms with E-state index in [2.05, 4.69) is 23.7 Å². The molecule has 2 heterocycles. The van der Waals surface area contributed by atoms with E-state index in [-0.39, 0.29) is 12.1 Å². The van der Waals surface area contributed by atoms with Crippen LogP contribution in [0.15, 0.2) is 0 Å². The normalized spacial score (nSPS) is 15.8. The molecule has 1 fully saturated rings. The summed E-state index contributed by atoms with van der Waals surface area (Å²) in [7, 11) is 0. The molecule has 1 aliphatic rings. The van der Waals surface area contributed by atoms with Crippen molar-refractivity contribution in [2.75, 3.05) is 51.0 Å². The smallest absolute Gasteiger partial charge is 0.344 e. The summed E-state index contributed by atoms with van der Waals surface area (Å²) >= 11 is 1.07. The summed E-state index contributed by atoms with van der Waals surface area (Å²) in [5, 5.41) is 3.27. The quantitative estimate of drug-likeness (QED) is 0.575. The molecule has 1 saturated heterocycles. The van der Waals surface area contributed by atoms with Gasteiger partial charge in [0.2, 0.25) is 5.82 Å². The molecule has 1 aromatic rings. The molecule has 28 heavy (non-hydrogen) atoms. The Hall–Kier alpha value is -1.98. The number of anilines is 1. The van der Waals surface area contributed by atoms with Gasteiger partial charge in [0.05, 0.1) is 24.9 Å². The molecule has 2 rings (SSSR count). The van der Waals surface area contributed by atoms with Crippen LogP contribution in [0.1, 0.15) is 27.7 Å². The number of esters is 2. The van der Waals surface area contributed by atoms with Crippen LogP contribution in [0, 0.1) is 0 Å². The summed E-state index contributed by atoms with van der Waals surface area (Å²) in [6.45, 7) is 9.98. The van der Waals surface area contributed by atoms with Gasteiger partial charge in [-0.25, -0.2) is 4.79 Å². The highest BCUT2D eigenvalue weighted by Crippen LogP contribution is 2.26. The maximum atomic E-state index is 11.9. The van der Waals surface area contributed by atoms with E-state index in [0.717, 1.165) is 11.7 Å². The van der Waals surface area contributed by atoms with Crippen molar-refractivity contribution in [3.05, 3.63) is 0 Å². The molecule has 0 aromatic carbocycles. The second-order valence-corrected chi connectivity index (χ2v) is 7.85.